The zero-order valence-electron chi connectivity index (χ0n) is 18.7. The van der Waals surface area contributed by atoms with Crippen molar-refractivity contribution in [2.24, 2.45) is 5.10 Å². The van der Waals surface area contributed by atoms with Crippen molar-refractivity contribution in [1.82, 2.24) is 5.43 Å². The Morgan fingerprint density at radius 2 is 1.80 bits per heavy atom. The van der Waals surface area contributed by atoms with Gasteiger partial charge in [0.15, 0.2) is 5.75 Å². The lowest BCUT2D eigenvalue weighted by Crippen LogP contribution is -2.39. The number of benzene rings is 3. The molecule has 0 unspecified atom stereocenters. The van der Waals surface area contributed by atoms with Crippen molar-refractivity contribution in [1.29, 1.82) is 0 Å². The van der Waals surface area contributed by atoms with Gasteiger partial charge in [0.1, 0.15) is 6.54 Å². The molecule has 1 amide bonds. The lowest BCUT2D eigenvalue weighted by Gasteiger charge is -2.23. The minimum atomic E-state index is -4.06. The van der Waals surface area contributed by atoms with Crippen LogP contribution >= 0.6 is 15.9 Å². The molecule has 182 valence electrons. The van der Waals surface area contributed by atoms with E-state index in [1.54, 1.807) is 36.4 Å². The Hall–Kier alpha value is -3.77. The number of nitrogens with one attached hydrogen (secondary N) is 1. The first kappa shape index (κ1) is 25.8. The average Bonchev–Trinajstić information content (AvgIpc) is 2.83. The van der Waals surface area contributed by atoms with Gasteiger partial charge in [0.25, 0.3) is 15.9 Å². The van der Waals surface area contributed by atoms with Crippen LogP contribution in [0.1, 0.15) is 11.1 Å². The van der Waals surface area contributed by atoms with E-state index < -0.39 is 27.4 Å². The van der Waals surface area contributed by atoms with Crippen molar-refractivity contribution in [3.8, 4) is 5.75 Å². The van der Waals surface area contributed by atoms with Gasteiger partial charge in [-0.1, -0.05) is 33.6 Å². The molecule has 0 heterocycles. The summed E-state index contributed by atoms with van der Waals surface area (Å²) in [7, 11) is -2.74. The molecule has 0 spiro atoms. The molecule has 0 atom stereocenters. The Labute approximate surface area is 210 Å². The van der Waals surface area contributed by atoms with Crippen molar-refractivity contribution in [3.63, 3.8) is 0 Å². The fraction of sp³-hybridized carbons (Fsp3) is 0.130. The first-order valence-corrected chi connectivity index (χ1v) is 12.3. The third-order valence-corrected chi connectivity index (χ3v) is 7.13. The Kier molecular flexibility index (Phi) is 8.20. The van der Waals surface area contributed by atoms with Gasteiger partial charge in [0, 0.05) is 16.1 Å². The molecule has 0 aromatic heterocycles. The monoisotopic (exact) mass is 560 g/mol. The molecule has 0 aliphatic rings. The Morgan fingerprint density at radius 1 is 1.14 bits per heavy atom. The van der Waals surface area contributed by atoms with E-state index in [4.69, 9.17) is 4.74 Å². The molecule has 12 heteroatoms. The number of halogens is 1. The molecule has 3 aromatic carbocycles. The predicted octanol–water partition coefficient (Wildman–Crippen LogP) is 4.02. The van der Waals surface area contributed by atoms with Gasteiger partial charge in [-0.05, 0) is 55.5 Å². The second-order valence-electron chi connectivity index (χ2n) is 7.28. The quantitative estimate of drug-likeness (QED) is 0.239. The number of ether oxygens (including phenoxy) is 1. The zero-order chi connectivity index (χ0) is 25.6. The number of nitro groups is 1. The van der Waals surface area contributed by atoms with E-state index in [1.165, 1.54) is 43.7 Å². The largest absolute Gasteiger partial charge is 0.490 e. The van der Waals surface area contributed by atoms with Crippen LogP contribution in [0.2, 0.25) is 0 Å². The van der Waals surface area contributed by atoms with Crippen molar-refractivity contribution in [2.45, 2.75) is 11.8 Å². The number of nitrogens with zero attached hydrogens (tertiary/aromatic N) is 3. The number of carbonyl (C=O) groups is 1. The first-order chi connectivity index (χ1) is 16.6. The normalized spacial score (nSPS) is 11.3. The maximum Gasteiger partial charge on any atom is 0.311 e. The van der Waals surface area contributed by atoms with E-state index in [9.17, 15) is 23.3 Å². The molecule has 0 aliphatic carbocycles. The number of nitro benzene ring substituents is 1. The molecular weight excluding hydrogens is 540 g/mol. The van der Waals surface area contributed by atoms with Crippen molar-refractivity contribution >= 4 is 49.4 Å². The fourth-order valence-corrected chi connectivity index (χ4v) is 4.72. The maximum atomic E-state index is 13.3. The number of hydrogen-bond donors (Lipinski definition) is 1. The minimum Gasteiger partial charge on any atom is -0.490 e. The third-order valence-electron chi connectivity index (χ3n) is 4.81. The third kappa shape index (κ3) is 6.43. The summed E-state index contributed by atoms with van der Waals surface area (Å²) in [5, 5.41) is 15.0. The second kappa shape index (κ2) is 11.1. The fourth-order valence-electron chi connectivity index (χ4n) is 3.03. The van der Waals surface area contributed by atoms with E-state index >= 15 is 0 Å². The standard InChI is InChI=1S/C23H21BrN4O6S/c1-16-3-10-20(11-4-16)35(32,33)27(19-8-6-18(24)7-9-19)15-23(29)26-25-14-17-5-12-22(34-2)21(13-17)28(30)31/h3-14H,15H2,1-2H3,(H,26,29)/b25-14-. The van der Waals surface area contributed by atoms with Crippen LogP contribution in [0.3, 0.4) is 0 Å². The van der Waals surface area contributed by atoms with Crippen LogP contribution in [-0.2, 0) is 14.8 Å². The summed E-state index contributed by atoms with van der Waals surface area (Å²) in [6.07, 6.45) is 1.21. The van der Waals surface area contributed by atoms with Crippen LogP contribution in [0.5, 0.6) is 5.75 Å². The molecule has 1 N–H and O–H groups in total. The summed E-state index contributed by atoms with van der Waals surface area (Å²) in [6.45, 7) is 1.30. The van der Waals surface area contributed by atoms with Gasteiger partial charge >= 0.3 is 5.69 Å². The molecule has 0 radical (unpaired) electrons. The molecule has 0 saturated carbocycles. The molecule has 3 aromatic rings. The molecule has 0 saturated heterocycles. The second-order valence-corrected chi connectivity index (χ2v) is 10.1. The number of aryl methyl sites for hydroxylation is 1. The summed E-state index contributed by atoms with van der Waals surface area (Å²) in [4.78, 5) is 23.2. The van der Waals surface area contributed by atoms with Crippen molar-refractivity contribution < 1.29 is 22.9 Å². The number of hydrazone groups is 1. The molecule has 35 heavy (non-hydrogen) atoms. The van der Waals surface area contributed by atoms with Gasteiger partial charge in [-0.3, -0.25) is 19.2 Å². The number of sulfonamides is 1. The van der Waals surface area contributed by atoms with Gasteiger partial charge in [0.2, 0.25) is 0 Å². The molecule has 10 nitrogen and oxygen atoms in total. The Bertz CT molecular complexity index is 1360. The average molecular weight is 561 g/mol. The summed E-state index contributed by atoms with van der Waals surface area (Å²) >= 11 is 3.31. The van der Waals surface area contributed by atoms with Crippen molar-refractivity contribution in [3.05, 3.63) is 92.4 Å². The molecule has 0 fully saturated rings. The number of anilines is 1. The van der Waals surface area contributed by atoms with Gasteiger partial charge in [-0.2, -0.15) is 5.10 Å². The zero-order valence-corrected chi connectivity index (χ0v) is 21.1. The number of methoxy groups -OCH3 is 1. The number of amides is 1. The van der Waals surface area contributed by atoms with Crippen LogP contribution in [0.25, 0.3) is 0 Å². The maximum absolute atomic E-state index is 13.3. The van der Waals surface area contributed by atoms with E-state index in [-0.39, 0.29) is 16.3 Å². The summed E-state index contributed by atoms with van der Waals surface area (Å²) < 4.78 is 33.4. The highest BCUT2D eigenvalue weighted by Gasteiger charge is 2.27. The molecule has 0 bridgehead atoms. The summed E-state index contributed by atoms with van der Waals surface area (Å²) in [6, 6.07) is 16.9. The highest BCUT2D eigenvalue weighted by atomic mass is 79.9. The highest BCUT2D eigenvalue weighted by Crippen LogP contribution is 2.27. The highest BCUT2D eigenvalue weighted by molar-refractivity contribution is 9.10. The van der Waals surface area contributed by atoms with Gasteiger partial charge in [0.05, 0.1) is 28.8 Å². The van der Waals surface area contributed by atoms with E-state index in [0.29, 0.717) is 11.3 Å². The summed E-state index contributed by atoms with van der Waals surface area (Å²) in [5.74, 6) is -0.620. The van der Waals surface area contributed by atoms with Crippen LogP contribution in [0.4, 0.5) is 11.4 Å². The molecular formula is C23H21BrN4O6S. The number of carbonyl (C=O) groups excluding carboxylic acids is 1. The van der Waals surface area contributed by atoms with Gasteiger partial charge < -0.3 is 4.74 Å². The minimum absolute atomic E-state index is 0.0351. The summed E-state index contributed by atoms with van der Waals surface area (Å²) in [5.41, 5.74) is 3.54. The number of hydrogen-bond acceptors (Lipinski definition) is 7. The van der Waals surface area contributed by atoms with E-state index in [2.05, 4.69) is 26.5 Å². The molecule has 3 rings (SSSR count). The van der Waals surface area contributed by atoms with E-state index in [1.807, 2.05) is 6.92 Å². The predicted molar refractivity (Wildman–Crippen MR) is 135 cm³/mol. The van der Waals surface area contributed by atoms with E-state index in [0.717, 1.165) is 14.3 Å². The van der Waals surface area contributed by atoms with Crippen LogP contribution in [0.15, 0.2) is 81.2 Å². The Balaban J connectivity index is 1.82. The van der Waals surface area contributed by atoms with Crippen molar-refractivity contribution in [2.75, 3.05) is 18.0 Å². The smallest absolute Gasteiger partial charge is 0.311 e. The van der Waals surface area contributed by atoms with Crippen LogP contribution in [-0.4, -0.2) is 39.1 Å². The van der Waals surface area contributed by atoms with Crippen LogP contribution in [0, 0.1) is 17.0 Å². The van der Waals surface area contributed by atoms with Gasteiger partial charge in [-0.15, -0.1) is 0 Å². The number of rotatable bonds is 9. The first-order valence-electron chi connectivity index (χ1n) is 10.1. The lowest BCUT2D eigenvalue weighted by molar-refractivity contribution is -0.385. The topological polar surface area (TPSA) is 131 Å². The van der Waals surface area contributed by atoms with Crippen LogP contribution < -0.4 is 14.5 Å². The molecule has 0 aliphatic heterocycles. The SMILES string of the molecule is COc1ccc(/C=N\NC(=O)CN(c2ccc(Br)cc2)S(=O)(=O)c2ccc(C)cc2)cc1[N+](=O)[O-]. The Morgan fingerprint density at radius 3 is 2.40 bits per heavy atom. The van der Waals surface area contributed by atoms with Gasteiger partial charge in [-0.25, -0.2) is 13.8 Å². The lowest BCUT2D eigenvalue weighted by atomic mass is 10.2.